The van der Waals surface area contributed by atoms with Gasteiger partial charge in [0.05, 0.1) is 6.07 Å². The van der Waals surface area contributed by atoms with Crippen molar-refractivity contribution in [1.82, 2.24) is 0 Å². The number of rotatable bonds is 2. The maximum absolute atomic E-state index is 11.3. The van der Waals surface area contributed by atoms with Crippen LogP contribution in [0.15, 0.2) is 0 Å². The predicted octanol–water partition coefficient (Wildman–Crippen LogP) is 1.80. The Balaban J connectivity index is 3.28. The van der Waals surface area contributed by atoms with Crippen LogP contribution in [0, 0.1) is 17.2 Å². The van der Waals surface area contributed by atoms with E-state index in [4.69, 9.17) is 5.26 Å². The highest BCUT2D eigenvalue weighted by atomic mass is 19.3. The van der Waals surface area contributed by atoms with Gasteiger partial charge in [0.25, 0.3) is 0 Å². The molecule has 0 saturated carbocycles. The lowest BCUT2D eigenvalue weighted by molar-refractivity contribution is 0.127. The zero-order valence-corrected chi connectivity index (χ0v) is 4.56. The third-order valence-corrected chi connectivity index (χ3v) is 0.752. The van der Waals surface area contributed by atoms with Crippen LogP contribution in [-0.4, -0.2) is 6.43 Å². The van der Waals surface area contributed by atoms with E-state index in [0.717, 1.165) is 0 Å². The fraction of sp³-hybridized carbons (Fsp3) is 0.800. The summed E-state index contributed by atoms with van der Waals surface area (Å²) >= 11 is 0. The van der Waals surface area contributed by atoms with Crippen LogP contribution in [0.1, 0.15) is 13.3 Å². The SMILES string of the molecule is CC(C#N)CC(F)F. The zero-order valence-electron chi connectivity index (χ0n) is 4.56. The molecule has 3 heteroatoms. The monoisotopic (exact) mass is 119 g/mol. The van der Waals surface area contributed by atoms with E-state index in [1.54, 1.807) is 6.07 Å². The van der Waals surface area contributed by atoms with Crippen LogP contribution in [0.4, 0.5) is 8.78 Å². The second-order valence-electron chi connectivity index (χ2n) is 1.66. The average Bonchev–Trinajstić information content (AvgIpc) is 1.65. The molecule has 0 N–H and O–H groups in total. The van der Waals surface area contributed by atoms with Gasteiger partial charge in [0.1, 0.15) is 0 Å². The largest absolute Gasteiger partial charge is 0.239 e. The highest BCUT2D eigenvalue weighted by Crippen LogP contribution is 2.07. The molecular formula is C5H7F2N. The molecule has 0 aromatic rings. The normalized spacial score (nSPS) is 13.4. The molecule has 46 valence electrons. The predicted molar refractivity (Wildman–Crippen MR) is 25.4 cm³/mol. The third kappa shape index (κ3) is 3.54. The Morgan fingerprint density at radius 2 is 2.12 bits per heavy atom. The quantitative estimate of drug-likeness (QED) is 0.543. The standard InChI is InChI=1S/C5H7F2N/c1-4(3-8)2-5(6)7/h4-5H,2H2,1H3. The van der Waals surface area contributed by atoms with Gasteiger partial charge in [0, 0.05) is 12.3 Å². The summed E-state index contributed by atoms with van der Waals surface area (Å²) in [6, 6.07) is 1.72. The van der Waals surface area contributed by atoms with Crippen LogP contribution in [-0.2, 0) is 0 Å². The van der Waals surface area contributed by atoms with E-state index in [1.807, 2.05) is 0 Å². The Kier molecular flexibility index (Phi) is 3.09. The average molecular weight is 119 g/mol. The number of halogens is 2. The van der Waals surface area contributed by atoms with Crippen LogP contribution in [0.25, 0.3) is 0 Å². The van der Waals surface area contributed by atoms with Gasteiger partial charge in [-0.1, -0.05) is 0 Å². The summed E-state index contributed by atoms with van der Waals surface area (Å²) in [6.45, 7) is 1.48. The van der Waals surface area contributed by atoms with E-state index in [0.29, 0.717) is 0 Å². The van der Waals surface area contributed by atoms with E-state index in [-0.39, 0.29) is 6.42 Å². The first-order valence-electron chi connectivity index (χ1n) is 2.34. The van der Waals surface area contributed by atoms with Crippen LogP contribution in [0.2, 0.25) is 0 Å². The van der Waals surface area contributed by atoms with E-state index in [1.165, 1.54) is 6.92 Å². The second kappa shape index (κ2) is 3.36. The van der Waals surface area contributed by atoms with Crippen molar-refractivity contribution in [1.29, 1.82) is 5.26 Å². The highest BCUT2D eigenvalue weighted by Gasteiger charge is 2.07. The first kappa shape index (κ1) is 7.35. The van der Waals surface area contributed by atoms with Crippen molar-refractivity contribution in [3.63, 3.8) is 0 Å². The number of hydrogen-bond acceptors (Lipinski definition) is 1. The van der Waals surface area contributed by atoms with Crippen molar-refractivity contribution in [3.8, 4) is 6.07 Å². The van der Waals surface area contributed by atoms with Crippen LogP contribution >= 0.6 is 0 Å². The summed E-state index contributed by atoms with van der Waals surface area (Å²) in [5, 5.41) is 8.00. The van der Waals surface area contributed by atoms with Crippen LogP contribution in [0.5, 0.6) is 0 Å². The summed E-state index contributed by atoms with van der Waals surface area (Å²) in [4.78, 5) is 0. The van der Waals surface area contributed by atoms with Crippen molar-refractivity contribution >= 4 is 0 Å². The summed E-state index contributed by atoms with van der Waals surface area (Å²) in [6.07, 6.45) is -2.65. The molecular weight excluding hydrogens is 112 g/mol. The maximum atomic E-state index is 11.3. The number of hydrogen-bond donors (Lipinski definition) is 0. The molecule has 0 aliphatic heterocycles. The molecule has 0 radical (unpaired) electrons. The first-order chi connectivity index (χ1) is 3.66. The van der Waals surface area contributed by atoms with E-state index < -0.39 is 12.3 Å². The lowest BCUT2D eigenvalue weighted by Gasteiger charge is -1.96. The zero-order chi connectivity index (χ0) is 6.57. The lowest BCUT2D eigenvalue weighted by Crippen LogP contribution is -1.97. The second-order valence-corrected chi connectivity index (χ2v) is 1.66. The lowest BCUT2D eigenvalue weighted by atomic mass is 10.1. The van der Waals surface area contributed by atoms with E-state index in [9.17, 15) is 8.78 Å². The molecule has 1 nitrogen and oxygen atoms in total. The summed E-state index contributed by atoms with van der Waals surface area (Å²) in [5.41, 5.74) is 0. The van der Waals surface area contributed by atoms with Crippen molar-refractivity contribution in [2.45, 2.75) is 19.8 Å². The van der Waals surface area contributed by atoms with Gasteiger partial charge in [0.2, 0.25) is 6.43 Å². The number of alkyl halides is 2. The molecule has 0 aliphatic rings. The van der Waals surface area contributed by atoms with Crippen molar-refractivity contribution < 1.29 is 8.78 Å². The van der Waals surface area contributed by atoms with Gasteiger partial charge in [0.15, 0.2) is 0 Å². The molecule has 1 unspecified atom stereocenters. The molecule has 0 bridgehead atoms. The molecule has 1 atom stereocenters. The maximum Gasteiger partial charge on any atom is 0.239 e. The minimum atomic E-state index is -2.34. The minimum absolute atomic E-state index is 0.309. The third-order valence-electron chi connectivity index (χ3n) is 0.752. The van der Waals surface area contributed by atoms with Gasteiger partial charge in [-0.05, 0) is 6.92 Å². The van der Waals surface area contributed by atoms with Gasteiger partial charge in [-0.15, -0.1) is 0 Å². The van der Waals surface area contributed by atoms with E-state index >= 15 is 0 Å². The molecule has 0 fully saturated rings. The molecule has 0 spiro atoms. The smallest absolute Gasteiger partial charge is 0.210 e. The highest BCUT2D eigenvalue weighted by molar-refractivity contribution is 4.78. The molecule has 0 amide bonds. The summed E-state index contributed by atoms with van der Waals surface area (Å²) < 4.78 is 22.6. The molecule has 0 aromatic heterocycles. The van der Waals surface area contributed by atoms with Crippen molar-refractivity contribution in [3.05, 3.63) is 0 Å². The molecule has 8 heavy (non-hydrogen) atoms. The fourth-order valence-corrected chi connectivity index (χ4v) is 0.320. The molecule has 0 heterocycles. The number of nitrogens with zero attached hydrogens (tertiary/aromatic N) is 1. The topological polar surface area (TPSA) is 23.8 Å². The molecule has 0 rings (SSSR count). The van der Waals surface area contributed by atoms with Gasteiger partial charge < -0.3 is 0 Å². The molecule has 0 aliphatic carbocycles. The summed E-state index contributed by atoms with van der Waals surface area (Å²) in [5.74, 6) is -0.519. The Morgan fingerprint density at radius 3 is 2.25 bits per heavy atom. The number of nitriles is 1. The van der Waals surface area contributed by atoms with Crippen molar-refractivity contribution in [2.75, 3.05) is 0 Å². The molecule has 0 saturated heterocycles. The van der Waals surface area contributed by atoms with Crippen LogP contribution in [0.3, 0.4) is 0 Å². The first-order valence-corrected chi connectivity index (χ1v) is 2.34. The van der Waals surface area contributed by atoms with Gasteiger partial charge in [-0.3, -0.25) is 0 Å². The Morgan fingerprint density at radius 1 is 1.62 bits per heavy atom. The van der Waals surface area contributed by atoms with Gasteiger partial charge in [-0.2, -0.15) is 5.26 Å². The fourth-order valence-electron chi connectivity index (χ4n) is 0.320. The molecule has 0 aromatic carbocycles. The Bertz CT molecular complexity index is 95.1. The Hall–Kier alpha value is -0.650. The minimum Gasteiger partial charge on any atom is -0.210 e. The summed E-state index contributed by atoms with van der Waals surface area (Å²) in [7, 11) is 0. The van der Waals surface area contributed by atoms with Crippen molar-refractivity contribution in [2.24, 2.45) is 5.92 Å². The van der Waals surface area contributed by atoms with Gasteiger partial charge in [-0.25, -0.2) is 8.78 Å². The van der Waals surface area contributed by atoms with Crippen LogP contribution < -0.4 is 0 Å². The Labute approximate surface area is 46.9 Å². The van der Waals surface area contributed by atoms with Gasteiger partial charge >= 0.3 is 0 Å². The van der Waals surface area contributed by atoms with E-state index in [2.05, 4.69) is 0 Å².